The van der Waals surface area contributed by atoms with E-state index in [-0.39, 0.29) is 0 Å². The minimum Gasteiger partial charge on any atom is -0.399 e. The maximum atomic E-state index is 5.70. The Hall–Kier alpha value is -0.450. The van der Waals surface area contributed by atoms with Crippen LogP contribution in [0.3, 0.4) is 0 Å². The number of hydrogen-bond donors (Lipinski definition) is 1. The number of anilines is 1. The van der Waals surface area contributed by atoms with Gasteiger partial charge in [-0.2, -0.15) is 0 Å². The molecule has 2 aromatic carbocycles. The molecule has 0 radical (unpaired) electrons. The molecule has 0 aromatic heterocycles. The van der Waals surface area contributed by atoms with Crippen LogP contribution in [0.5, 0.6) is 0 Å². The predicted molar refractivity (Wildman–Crippen MR) is 76.8 cm³/mol. The van der Waals surface area contributed by atoms with E-state index in [1.165, 1.54) is 4.90 Å². The van der Waals surface area contributed by atoms with E-state index in [0.717, 1.165) is 19.5 Å². The van der Waals surface area contributed by atoms with Gasteiger partial charge in [-0.3, -0.25) is 0 Å². The Morgan fingerprint density at radius 1 is 1.00 bits per heavy atom. The average Bonchev–Trinajstić information content (AvgIpc) is 2.22. The van der Waals surface area contributed by atoms with Crippen molar-refractivity contribution in [3.63, 3.8) is 0 Å². The quantitative estimate of drug-likeness (QED) is 0.769. The number of hydrogen-bond acceptors (Lipinski definition) is 2. The van der Waals surface area contributed by atoms with Gasteiger partial charge in [0.15, 0.2) is 0 Å². The number of benzene rings is 2. The highest BCUT2D eigenvalue weighted by Gasteiger charge is 2.03. The molecule has 1 nitrogen and oxygen atoms in total. The van der Waals surface area contributed by atoms with Crippen molar-refractivity contribution in [2.24, 2.45) is 0 Å². The molecule has 0 atom stereocenters. The van der Waals surface area contributed by atoms with Gasteiger partial charge in [0.1, 0.15) is 0 Å². The van der Waals surface area contributed by atoms with E-state index in [9.17, 15) is 0 Å². The number of rotatable bonds is 2. The fourth-order valence-corrected chi connectivity index (χ4v) is 3.33. The summed E-state index contributed by atoms with van der Waals surface area (Å²) < 4.78 is 2.11. The third kappa shape index (κ3) is 3.03. The van der Waals surface area contributed by atoms with Gasteiger partial charge >= 0.3 is 0 Å². The van der Waals surface area contributed by atoms with Gasteiger partial charge in [0.2, 0.25) is 0 Å². The highest BCUT2D eigenvalue weighted by atomic mass is 79.9. The second-order valence-corrected chi connectivity index (χ2v) is 6.13. The maximum Gasteiger partial charge on any atom is 0.0335 e. The second-order valence-electron chi connectivity index (χ2n) is 3.25. The van der Waals surface area contributed by atoms with Gasteiger partial charge in [-0.15, -0.1) is 0 Å². The van der Waals surface area contributed by atoms with E-state index in [4.69, 9.17) is 5.73 Å². The van der Waals surface area contributed by atoms with E-state index in [2.05, 4.69) is 44.0 Å². The maximum absolute atomic E-state index is 5.70. The normalized spacial score (nSPS) is 10.4. The zero-order valence-corrected chi connectivity index (χ0v) is 12.3. The summed E-state index contributed by atoms with van der Waals surface area (Å²) in [6, 6.07) is 14.1. The van der Waals surface area contributed by atoms with E-state index >= 15 is 0 Å². The van der Waals surface area contributed by atoms with Gasteiger partial charge in [-0.25, -0.2) is 0 Å². The fourth-order valence-electron chi connectivity index (χ4n) is 1.26. The molecular formula is C12H9Br2NS. The van der Waals surface area contributed by atoms with Gasteiger partial charge in [0, 0.05) is 24.4 Å². The lowest BCUT2D eigenvalue weighted by Gasteiger charge is -2.05. The van der Waals surface area contributed by atoms with Crippen LogP contribution in [0.2, 0.25) is 0 Å². The lowest BCUT2D eigenvalue weighted by atomic mass is 10.3. The molecule has 0 unspecified atom stereocenters. The first-order valence-electron chi connectivity index (χ1n) is 4.63. The van der Waals surface area contributed by atoms with E-state index in [1.807, 2.05) is 30.3 Å². The third-order valence-electron chi connectivity index (χ3n) is 1.98. The first-order chi connectivity index (χ1) is 7.65. The van der Waals surface area contributed by atoms with E-state index in [1.54, 1.807) is 11.8 Å². The van der Waals surface area contributed by atoms with Crippen LogP contribution in [0.4, 0.5) is 5.69 Å². The fraction of sp³-hybridized carbons (Fsp3) is 0. The minimum atomic E-state index is 0.769. The van der Waals surface area contributed by atoms with Gasteiger partial charge < -0.3 is 5.73 Å². The summed E-state index contributed by atoms with van der Waals surface area (Å²) in [6.07, 6.45) is 0. The van der Waals surface area contributed by atoms with Crippen LogP contribution in [0.15, 0.2) is 61.2 Å². The molecule has 0 amide bonds. The molecule has 2 N–H and O–H groups in total. The van der Waals surface area contributed by atoms with Gasteiger partial charge in [-0.1, -0.05) is 33.8 Å². The lowest BCUT2D eigenvalue weighted by molar-refractivity contribution is 1.37. The van der Waals surface area contributed by atoms with E-state index in [0.29, 0.717) is 0 Å². The molecule has 0 saturated carbocycles. The summed E-state index contributed by atoms with van der Waals surface area (Å²) >= 11 is 8.68. The van der Waals surface area contributed by atoms with E-state index < -0.39 is 0 Å². The van der Waals surface area contributed by atoms with Gasteiger partial charge in [0.05, 0.1) is 0 Å². The highest BCUT2D eigenvalue weighted by molar-refractivity contribution is 9.10. The predicted octanol–water partition coefficient (Wildman–Crippen LogP) is 4.95. The highest BCUT2D eigenvalue weighted by Crippen LogP contribution is 2.35. The van der Waals surface area contributed by atoms with Crippen LogP contribution in [0.25, 0.3) is 0 Å². The minimum absolute atomic E-state index is 0.769. The molecule has 0 bridgehead atoms. The molecule has 0 aliphatic rings. The largest absolute Gasteiger partial charge is 0.399 e. The molecule has 82 valence electrons. The topological polar surface area (TPSA) is 26.0 Å². The second kappa shape index (κ2) is 5.25. The van der Waals surface area contributed by atoms with Crippen molar-refractivity contribution < 1.29 is 0 Å². The van der Waals surface area contributed by atoms with Crippen molar-refractivity contribution in [3.8, 4) is 0 Å². The summed E-state index contributed by atoms with van der Waals surface area (Å²) in [5, 5.41) is 0. The van der Waals surface area contributed by atoms with Crippen LogP contribution in [0, 0.1) is 0 Å². The monoisotopic (exact) mass is 357 g/mol. The Kier molecular flexibility index (Phi) is 3.95. The smallest absolute Gasteiger partial charge is 0.0335 e. The molecule has 0 heterocycles. The van der Waals surface area contributed by atoms with Crippen molar-refractivity contribution in [1.29, 1.82) is 0 Å². The Balaban J connectivity index is 2.27. The Bertz CT molecular complexity index is 514. The van der Waals surface area contributed by atoms with Gasteiger partial charge in [-0.05, 0) is 52.3 Å². The average molecular weight is 359 g/mol. The molecule has 2 rings (SSSR count). The van der Waals surface area contributed by atoms with Crippen LogP contribution < -0.4 is 5.73 Å². The van der Waals surface area contributed by atoms with Crippen molar-refractivity contribution >= 4 is 49.3 Å². The van der Waals surface area contributed by atoms with Crippen molar-refractivity contribution in [3.05, 3.63) is 51.4 Å². The Morgan fingerprint density at radius 2 is 1.81 bits per heavy atom. The molecule has 16 heavy (non-hydrogen) atoms. The number of halogens is 2. The summed E-state index contributed by atoms with van der Waals surface area (Å²) in [5.41, 5.74) is 6.47. The van der Waals surface area contributed by atoms with Crippen molar-refractivity contribution in [1.82, 2.24) is 0 Å². The van der Waals surface area contributed by atoms with Crippen LogP contribution in [-0.4, -0.2) is 0 Å². The molecule has 0 saturated heterocycles. The van der Waals surface area contributed by atoms with Crippen LogP contribution >= 0.6 is 43.6 Å². The molecule has 0 spiro atoms. The molecule has 0 fully saturated rings. The van der Waals surface area contributed by atoms with Crippen molar-refractivity contribution in [2.45, 2.75) is 9.79 Å². The lowest BCUT2D eigenvalue weighted by Crippen LogP contribution is -1.84. The van der Waals surface area contributed by atoms with Crippen molar-refractivity contribution in [2.75, 3.05) is 5.73 Å². The summed E-state index contributed by atoms with van der Waals surface area (Å²) in [5.74, 6) is 0. The van der Waals surface area contributed by atoms with Gasteiger partial charge in [0.25, 0.3) is 0 Å². The zero-order chi connectivity index (χ0) is 11.5. The Morgan fingerprint density at radius 3 is 2.50 bits per heavy atom. The molecule has 4 heteroatoms. The first-order valence-corrected chi connectivity index (χ1v) is 7.04. The molecule has 2 aromatic rings. The third-order valence-corrected chi connectivity index (χ3v) is 4.46. The summed E-state index contributed by atoms with van der Waals surface area (Å²) in [6.45, 7) is 0. The summed E-state index contributed by atoms with van der Waals surface area (Å²) in [4.78, 5) is 2.35. The number of nitrogen functional groups attached to an aromatic ring is 1. The van der Waals surface area contributed by atoms with Crippen LogP contribution in [0.1, 0.15) is 0 Å². The molecule has 0 aliphatic heterocycles. The SMILES string of the molecule is Nc1ccc(Sc2cccc(Br)c2)c(Br)c1. The van der Waals surface area contributed by atoms with Crippen LogP contribution in [-0.2, 0) is 0 Å². The zero-order valence-electron chi connectivity index (χ0n) is 8.28. The number of nitrogens with two attached hydrogens (primary N) is 1. The standard InChI is InChI=1S/C12H9Br2NS/c13-8-2-1-3-10(6-8)16-12-5-4-9(15)7-11(12)14/h1-7H,15H2. The Labute approximate surface area is 116 Å². The molecule has 0 aliphatic carbocycles. The first kappa shape index (κ1) is 12.0. The summed E-state index contributed by atoms with van der Waals surface area (Å²) in [7, 11) is 0. The molecular weight excluding hydrogens is 350 g/mol.